The molecule has 29 heavy (non-hydrogen) atoms. The second kappa shape index (κ2) is 7.40. The topological polar surface area (TPSA) is 83.6 Å². The predicted molar refractivity (Wildman–Crippen MR) is 117 cm³/mol. The Morgan fingerprint density at radius 3 is 2.07 bits per heavy atom. The first-order valence-electron chi connectivity index (χ1n) is 8.33. The molecule has 2 amide bonds. The second-order valence-corrected chi connectivity index (χ2v) is 9.81. The SMILES string of the molecule is O=C(Nc1ccc(Br)cc1)c1ccc2c(c1)S(=O)(=O)N(c1ccc(Br)cc1)C2=O. The Balaban J connectivity index is 1.69. The number of halogens is 2. The fourth-order valence-electron chi connectivity index (χ4n) is 2.94. The van der Waals surface area contributed by atoms with Crippen molar-refractivity contribution in [1.29, 1.82) is 0 Å². The van der Waals surface area contributed by atoms with E-state index >= 15 is 0 Å². The third kappa shape index (κ3) is 3.61. The zero-order valence-corrected chi connectivity index (χ0v) is 18.6. The Labute approximate surface area is 183 Å². The number of carbonyl (C=O) groups excluding carboxylic acids is 2. The standard InChI is InChI=1S/C20H12Br2N2O4S/c21-13-2-6-15(7-3-13)23-19(25)12-1-10-17-18(11-12)29(27,28)24(20(17)26)16-8-4-14(22)5-9-16/h1-11H,(H,23,25). The lowest BCUT2D eigenvalue weighted by molar-refractivity contribution is 0.100. The van der Waals surface area contributed by atoms with Gasteiger partial charge in [-0.15, -0.1) is 0 Å². The van der Waals surface area contributed by atoms with Crippen LogP contribution in [0.1, 0.15) is 20.7 Å². The fourth-order valence-corrected chi connectivity index (χ4v) is 5.09. The maximum atomic E-state index is 13.0. The van der Waals surface area contributed by atoms with Crippen molar-refractivity contribution in [2.24, 2.45) is 0 Å². The smallest absolute Gasteiger partial charge is 0.273 e. The highest BCUT2D eigenvalue weighted by atomic mass is 79.9. The van der Waals surface area contributed by atoms with Gasteiger partial charge in [0.25, 0.3) is 21.8 Å². The molecule has 0 saturated heterocycles. The Morgan fingerprint density at radius 2 is 1.45 bits per heavy atom. The molecule has 4 rings (SSSR count). The summed E-state index contributed by atoms with van der Waals surface area (Å²) < 4.78 is 28.4. The highest BCUT2D eigenvalue weighted by Crippen LogP contribution is 2.35. The fraction of sp³-hybridized carbons (Fsp3) is 0. The molecule has 0 aliphatic carbocycles. The van der Waals surface area contributed by atoms with E-state index in [-0.39, 0.29) is 21.7 Å². The second-order valence-electron chi connectivity index (χ2n) is 6.22. The van der Waals surface area contributed by atoms with Crippen LogP contribution in [0.15, 0.2) is 80.6 Å². The highest BCUT2D eigenvalue weighted by Gasteiger charge is 2.42. The van der Waals surface area contributed by atoms with Crippen LogP contribution in [0.5, 0.6) is 0 Å². The molecule has 6 nitrogen and oxygen atoms in total. The number of nitrogens with zero attached hydrogens (tertiary/aromatic N) is 1. The van der Waals surface area contributed by atoms with Gasteiger partial charge in [-0.1, -0.05) is 31.9 Å². The van der Waals surface area contributed by atoms with E-state index in [4.69, 9.17) is 0 Å². The third-order valence-corrected chi connectivity index (χ3v) is 7.15. The molecule has 0 aromatic heterocycles. The van der Waals surface area contributed by atoms with Gasteiger partial charge < -0.3 is 5.32 Å². The van der Waals surface area contributed by atoms with Crippen LogP contribution >= 0.6 is 31.9 Å². The molecule has 3 aromatic carbocycles. The van der Waals surface area contributed by atoms with Gasteiger partial charge in [0.15, 0.2) is 0 Å². The van der Waals surface area contributed by atoms with Crippen LogP contribution in [0.25, 0.3) is 0 Å². The Morgan fingerprint density at radius 1 is 0.862 bits per heavy atom. The van der Waals surface area contributed by atoms with Crippen LogP contribution < -0.4 is 9.62 Å². The van der Waals surface area contributed by atoms with Crippen molar-refractivity contribution < 1.29 is 18.0 Å². The number of rotatable bonds is 3. The lowest BCUT2D eigenvalue weighted by atomic mass is 10.1. The molecule has 0 radical (unpaired) electrons. The summed E-state index contributed by atoms with van der Waals surface area (Å²) in [7, 11) is -4.11. The van der Waals surface area contributed by atoms with E-state index in [9.17, 15) is 18.0 Å². The number of hydrogen-bond donors (Lipinski definition) is 1. The number of benzene rings is 3. The van der Waals surface area contributed by atoms with Gasteiger partial charge in [0.1, 0.15) is 4.90 Å². The maximum Gasteiger partial charge on any atom is 0.273 e. The van der Waals surface area contributed by atoms with Gasteiger partial charge in [-0.05, 0) is 66.7 Å². The van der Waals surface area contributed by atoms with Gasteiger partial charge in [0, 0.05) is 20.2 Å². The molecule has 1 aliphatic heterocycles. The number of anilines is 2. The third-order valence-electron chi connectivity index (χ3n) is 4.34. The number of nitrogens with one attached hydrogen (secondary N) is 1. The summed E-state index contributed by atoms with van der Waals surface area (Å²) in [4.78, 5) is 25.1. The van der Waals surface area contributed by atoms with Gasteiger partial charge in [-0.3, -0.25) is 9.59 Å². The van der Waals surface area contributed by atoms with Crippen LogP contribution in [0.3, 0.4) is 0 Å². The van der Waals surface area contributed by atoms with Crippen molar-refractivity contribution in [3.8, 4) is 0 Å². The number of fused-ring (bicyclic) bond motifs is 1. The number of carbonyl (C=O) groups is 2. The summed E-state index contributed by atoms with van der Waals surface area (Å²) in [5.41, 5.74) is 0.971. The Bertz CT molecular complexity index is 1240. The zero-order chi connectivity index (χ0) is 20.8. The van der Waals surface area contributed by atoms with Gasteiger partial charge in [-0.25, -0.2) is 8.42 Å². The van der Waals surface area contributed by atoms with Crippen molar-refractivity contribution in [3.05, 3.63) is 86.8 Å². The molecule has 9 heteroatoms. The van der Waals surface area contributed by atoms with Gasteiger partial charge in [0.2, 0.25) is 0 Å². The number of hydrogen-bond acceptors (Lipinski definition) is 4. The average molecular weight is 536 g/mol. The van der Waals surface area contributed by atoms with E-state index in [0.29, 0.717) is 5.69 Å². The number of sulfonamides is 1. The molecule has 0 unspecified atom stereocenters. The molecule has 1 heterocycles. The Kier molecular flexibility index (Phi) is 5.05. The molecular formula is C20H12Br2N2O4S. The minimum absolute atomic E-state index is 0.0353. The average Bonchev–Trinajstić information content (AvgIpc) is 2.90. The number of amides is 2. The first-order valence-corrected chi connectivity index (χ1v) is 11.4. The molecule has 0 fully saturated rings. The lowest BCUT2D eigenvalue weighted by Gasteiger charge is -2.15. The minimum Gasteiger partial charge on any atom is -0.322 e. The van der Waals surface area contributed by atoms with Crippen LogP contribution in [0.2, 0.25) is 0 Å². The van der Waals surface area contributed by atoms with Crippen LogP contribution in [0.4, 0.5) is 11.4 Å². The highest BCUT2D eigenvalue weighted by molar-refractivity contribution is 9.10. The van der Waals surface area contributed by atoms with Crippen molar-refractivity contribution >= 4 is 65.1 Å². The molecular weight excluding hydrogens is 524 g/mol. The molecule has 0 bridgehead atoms. The summed E-state index contributed by atoms with van der Waals surface area (Å²) in [6, 6.07) is 17.4. The summed E-state index contributed by atoms with van der Waals surface area (Å²) in [6.45, 7) is 0. The normalized spacial score (nSPS) is 14.6. The van der Waals surface area contributed by atoms with E-state index in [1.54, 1.807) is 36.4 Å². The molecule has 146 valence electrons. The molecule has 0 atom stereocenters. The first-order chi connectivity index (χ1) is 13.8. The van der Waals surface area contributed by atoms with E-state index in [1.165, 1.54) is 30.3 Å². The molecule has 0 spiro atoms. The quantitative estimate of drug-likeness (QED) is 0.521. The molecule has 0 saturated carbocycles. The summed E-state index contributed by atoms with van der Waals surface area (Å²) in [6.07, 6.45) is 0. The summed E-state index contributed by atoms with van der Waals surface area (Å²) in [5, 5.41) is 2.71. The van der Waals surface area contributed by atoms with E-state index < -0.39 is 21.8 Å². The molecule has 1 N–H and O–H groups in total. The van der Waals surface area contributed by atoms with E-state index in [2.05, 4.69) is 37.2 Å². The van der Waals surface area contributed by atoms with Crippen molar-refractivity contribution in [2.75, 3.05) is 9.62 Å². The van der Waals surface area contributed by atoms with Crippen LogP contribution in [0, 0.1) is 0 Å². The van der Waals surface area contributed by atoms with Crippen molar-refractivity contribution in [2.45, 2.75) is 4.90 Å². The monoisotopic (exact) mass is 534 g/mol. The minimum atomic E-state index is -4.11. The van der Waals surface area contributed by atoms with Crippen LogP contribution in [-0.2, 0) is 10.0 Å². The summed E-state index contributed by atoms with van der Waals surface area (Å²) >= 11 is 6.60. The maximum absolute atomic E-state index is 13.0. The van der Waals surface area contributed by atoms with Gasteiger partial charge >= 0.3 is 0 Å². The molecule has 3 aromatic rings. The largest absolute Gasteiger partial charge is 0.322 e. The molecule has 1 aliphatic rings. The van der Waals surface area contributed by atoms with Crippen molar-refractivity contribution in [1.82, 2.24) is 0 Å². The first kappa shape index (κ1) is 19.8. The summed E-state index contributed by atoms with van der Waals surface area (Å²) in [5.74, 6) is -1.12. The van der Waals surface area contributed by atoms with Crippen molar-refractivity contribution in [3.63, 3.8) is 0 Å². The Hall–Kier alpha value is -2.49. The predicted octanol–water partition coefficient (Wildman–Crippen LogP) is 4.81. The lowest BCUT2D eigenvalue weighted by Crippen LogP contribution is -2.29. The zero-order valence-electron chi connectivity index (χ0n) is 14.6. The van der Waals surface area contributed by atoms with E-state index in [1.807, 2.05) is 0 Å². The van der Waals surface area contributed by atoms with Crippen LogP contribution in [-0.4, -0.2) is 20.2 Å². The van der Waals surface area contributed by atoms with E-state index in [0.717, 1.165) is 13.3 Å². The van der Waals surface area contributed by atoms with Gasteiger partial charge in [-0.2, -0.15) is 4.31 Å². The van der Waals surface area contributed by atoms with Gasteiger partial charge in [0.05, 0.1) is 11.3 Å².